The number of benzene rings is 3. The van der Waals surface area contributed by atoms with E-state index in [1.807, 2.05) is 0 Å². The van der Waals surface area contributed by atoms with Crippen LogP contribution in [0.1, 0.15) is 20.7 Å². The molecule has 2 N–H and O–H groups in total. The molecule has 8 heteroatoms. The van der Waals surface area contributed by atoms with Gasteiger partial charge in [-0.05, 0) is 60.7 Å². The first-order valence-corrected chi connectivity index (χ1v) is 9.66. The van der Waals surface area contributed by atoms with Crippen molar-refractivity contribution in [2.45, 2.75) is 0 Å². The van der Waals surface area contributed by atoms with E-state index in [0.29, 0.717) is 34.2 Å². The summed E-state index contributed by atoms with van der Waals surface area (Å²) in [6.07, 6.45) is 0. The second-order valence-electron chi connectivity index (χ2n) is 6.63. The van der Waals surface area contributed by atoms with Crippen LogP contribution in [0.15, 0.2) is 60.7 Å². The summed E-state index contributed by atoms with van der Waals surface area (Å²) in [6.45, 7) is 0. The van der Waals surface area contributed by atoms with Gasteiger partial charge in [0.1, 0.15) is 11.5 Å². The largest absolute Gasteiger partial charge is 0.497 e. The van der Waals surface area contributed by atoms with Crippen molar-refractivity contribution < 1.29 is 28.5 Å². The lowest BCUT2D eigenvalue weighted by Gasteiger charge is -2.17. The van der Waals surface area contributed by atoms with Crippen molar-refractivity contribution in [2.75, 3.05) is 39.1 Å². The number of hydrogen-bond acceptors (Lipinski definition) is 8. The molecule has 8 nitrogen and oxygen atoms in total. The predicted octanol–water partition coefficient (Wildman–Crippen LogP) is 4.76. The number of rotatable bonds is 8. The number of carbonyl (C=O) groups is 2. The van der Waals surface area contributed by atoms with Crippen LogP contribution in [-0.4, -0.2) is 40.4 Å². The van der Waals surface area contributed by atoms with E-state index in [2.05, 4.69) is 10.6 Å². The van der Waals surface area contributed by atoms with E-state index in [9.17, 15) is 9.59 Å². The van der Waals surface area contributed by atoms with Gasteiger partial charge in [-0.1, -0.05) is 0 Å². The van der Waals surface area contributed by atoms with Crippen molar-refractivity contribution in [3.05, 3.63) is 71.8 Å². The molecule has 0 fully saturated rings. The smallest absolute Gasteiger partial charge is 0.340 e. The standard InChI is InChI=1S/C24H24N2O6/c1-29-17-9-5-15(6-10-17)25-21-13-20(24(28)32-4)22(14-19(21)23(27)31-3)26-16-7-11-18(30-2)12-8-16/h5-14,25-26H,1-4H3. The highest BCUT2D eigenvalue weighted by Gasteiger charge is 2.21. The zero-order chi connectivity index (χ0) is 23.1. The topological polar surface area (TPSA) is 95.1 Å². The number of hydrogen-bond donors (Lipinski definition) is 2. The van der Waals surface area contributed by atoms with Crippen molar-refractivity contribution in [3.63, 3.8) is 0 Å². The van der Waals surface area contributed by atoms with Crippen LogP contribution < -0.4 is 20.1 Å². The first kappa shape index (κ1) is 22.5. The molecular weight excluding hydrogens is 412 g/mol. The molecule has 0 aliphatic carbocycles. The van der Waals surface area contributed by atoms with Gasteiger partial charge in [0.15, 0.2) is 0 Å². The molecule has 0 heterocycles. The van der Waals surface area contributed by atoms with E-state index in [1.54, 1.807) is 74.9 Å². The van der Waals surface area contributed by atoms with Crippen LogP contribution in [0.4, 0.5) is 22.7 Å². The SMILES string of the molecule is COC(=O)c1cc(Nc2ccc(OC)cc2)c(C(=O)OC)cc1Nc1ccc(OC)cc1. The minimum absolute atomic E-state index is 0.243. The first-order chi connectivity index (χ1) is 15.5. The normalized spacial score (nSPS) is 10.1. The van der Waals surface area contributed by atoms with Gasteiger partial charge in [0, 0.05) is 11.4 Å². The molecule has 0 radical (unpaired) electrons. The van der Waals surface area contributed by atoms with E-state index in [-0.39, 0.29) is 11.1 Å². The van der Waals surface area contributed by atoms with Crippen LogP contribution in [0.5, 0.6) is 11.5 Å². The Morgan fingerprint density at radius 1 is 0.594 bits per heavy atom. The summed E-state index contributed by atoms with van der Waals surface area (Å²) in [7, 11) is 5.75. The summed E-state index contributed by atoms with van der Waals surface area (Å²) in [5, 5.41) is 6.31. The van der Waals surface area contributed by atoms with Gasteiger partial charge < -0.3 is 29.6 Å². The van der Waals surface area contributed by atoms with Crippen molar-refractivity contribution >= 4 is 34.7 Å². The third-order valence-electron chi connectivity index (χ3n) is 4.71. The van der Waals surface area contributed by atoms with Crippen LogP contribution in [0.3, 0.4) is 0 Å². The second kappa shape index (κ2) is 10.2. The maximum absolute atomic E-state index is 12.5. The van der Waals surface area contributed by atoms with Gasteiger partial charge in [-0.2, -0.15) is 0 Å². The maximum atomic E-state index is 12.5. The van der Waals surface area contributed by atoms with Crippen molar-refractivity contribution in [1.29, 1.82) is 0 Å². The highest BCUT2D eigenvalue weighted by atomic mass is 16.5. The van der Waals surface area contributed by atoms with E-state index in [0.717, 1.165) is 0 Å². The molecule has 0 aliphatic rings. The molecule has 32 heavy (non-hydrogen) atoms. The maximum Gasteiger partial charge on any atom is 0.340 e. The third-order valence-corrected chi connectivity index (χ3v) is 4.71. The number of carbonyl (C=O) groups excluding carboxylic acids is 2. The fourth-order valence-corrected chi connectivity index (χ4v) is 3.02. The lowest BCUT2D eigenvalue weighted by molar-refractivity contribution is 0.0588. The summed E-state index contributed by atoms with van der Waals surface area (Å²) in [6, 6.07) is 17.4. The highest BCUT2D eigenvalue weighted by molar-refractivity contribution is 6.04. The Morgan fingerprint density at radius 3 is 1.22 bits per heavy atom. The number of esters is 2. The molecule has 3 rings (SSSR count). The van der Waals surface area contributed by atoms with Crippen molar-refractivity contribution in [3.8, 4) is 11.5 Å². The van der Waals surface area contributed by atoms with Crippen LogP contribution >= 0.6 is 0 Å². The fraction of sp³-hybridized carbons (Fsp3) is 0.167. The lowest BCUT2D eigenvalue weighted by Crippen LogP contribution is -2.12. The van der Waals surface area contributed by atoms with Gasteiger partial charge in [0.05, 0.1) is 50.9 Å². The Morgan fingerprint density at radius 2 is 0.938 bits per heavy atom. The molecule has 0 aromatic heterocycles. The predicted molar refractivity (Wildman–Crippen MR) is 122 cm³/mol. The molecule has 0 bridgehead atoms. The molecule has 3 aromatic rings. The highest BCUT2D eigenvalue weighted by Crippen LogP contribution is 2.32. The van der Waals surface area contributed by atoms with E-state index in [4.69, 9.17) is 18.9 Å². The van der Waals surface area contributed by atoms with Crippen molar-refractivity contribution in [1.82, 2.24) is 0 Å². The Labute approximate surface area is 186 Å². The van der Waals surface area contributed by atoms with Crippen molar-refractivity contribution in [2.24, 2.45) is 0 Å². The molecule has 3 aromatic carbocycles. The monoisotopic (exact) mass is 436 g/mol. The average Bonchev–Trinajstić information content (AvgIpc) is 2.84. The first-order valence-electron chi connectivity index (χ1n) is 9.66. The molecule has 0 saturated heterocycles. The summed E-state index contributed by atoms with van der Waals surface area (Å²) < 4.78 is 20.3. The van der Waals surface area contributed by atoms with Gasteiger partial charge >= 0.3 is 11.9 Å². The Kier molecular flexibility index (Phi) is 7.17. The fourth-order valence-electron chi connectivity index (χ4n) is 3.02. The number of methoxy groups -OCH3 is 4. The molecule has 0 saturated carbocycles. The molecule has 0 amide bonds. The Hall–Kier alpha value is -4.20. The van der Waals surface area contributed by atoms with Crippen LogP contribution in [0.2, 0.25) is 0 Å². The molecule has 0 atom stereocenters. The van der Waals surface area contributed by atoms with E-state index >= 15 is 0 Å². The molecule has 166 valence electrons. The van der Waals surface area contributed by atoms with Gasteiger partial charge in [0.2, 0.25) is 0 Å². The quantitative estimate of drug-likeness (QED) is 0.488. The Bertz CT molecular complexity index is 1010. The number of anilines is 4. The minimum Gasteiger partial charge on any atom is -0.497 e. The summed E-state index contributed by atoms with van der Waals surface area (Å²) in [5.41, 5.74) is 2.66. The van der Waals surface area contributed by atoms with E-state index < -0.39 is 11.9 Å². The number of ether oxygens (including phenoxy) is 4. The van der Waals surface area contributed by atoms with Gasteiger partial charge in [-0.3, -0.25) is 0 Å². The van der Waals surface area contributed by atoms with Gasteiger partial charge in [-0.15, -0.1) is 0 Å². The molecular formula is C24H24N2O6. The van der Waals surface area contributed by atoms with Gasteiger partial charge in [0.25, 0.3) is 0 Å². The summed E-state index contributed by atoms with van der Waals surface area (Å²) in [5.74, 6) is 0.265. The van der Waals surface area contributed by atoms with E-state index in [1.165, 1.54) is 14.2 Å². The molecule has 0 spiro atoms. The molecule has 0 aliphatic heterocycles. The zero-order valence-corrected chi connectivity index (χ0v) is 18.2. The van der Waals surface area contributed by atoms with Crippen LogP contribution in [0, 0.1) is 0 Å². The minimum atomic E-state index is -0.560. The summed E-state index contributed by atoms with van der Waals surface area (Å²) >= 11 is 0. The lowest BCUT2D eigenvalue weighted by atomic mass is 10.0. The van der Waals surface area contributed by atoms with Crippen LogP contribution in [-0.2, 0) is 9.47 Å². The summed E-state index contributed by atoms with van der Waals surface area (Å²) in [4.78, 5) is 25.0. The Balaban J connectivity index is 2.05. The number of nitrogens with one attached hydrogen (secondary N) is 2. The van der Waals surface area contributed by atoms with Crippen LogP contribution in [0.25, 0.3) is 0 Å². The molecule has 0 unspecified atom stereocenters. The average molecular weight is 436 g/mol. The second-order valence-corrected chi connectivity index (χ2v) is 6.63. The van der Waals surface area contributed by atoms with Gasteiger partial charge in [-0.25, -0.2) is 9.59 Å². The zero-order valence-electron chi connectivity index (χ0n) is 18.2. The third kappa shape index (κ3) is 5.10.